The maximum Gasteiger partial charge on any atom is 0.190 e. The maximum atomic E-state index is 6.36. The van der Waals surface area contributed by atoms with Gasteiger partial charge in [0.1, 0.15) is 0 Å². The van der Waals surface area contributed by atoms with Crippen LogP contribution in [-0.2, 0) is 6.54 Å². The number of thiazole rings is 1. The molecule has 0 aliphatic rings. The molecule has 24 heavy (non-hydrogen) atoms. The number of benzene rings is 2. The predicted octanol–water partition coefficient (Wildman–Crippen LogP) is 2.95. The normalized spacial score (nSPS) is 11.2. The number of rotatable bonds is 4. The smallest absolute Gasteiger partial charge is 0.190 e. The first kappa shape index (κ1) is 18.8. The highest BCUT2D eigenvalue weighted by molar-refractivity contribution is 7.07. The van der Waals surface area contributed by atoms with Crippen molar-refractivity contribution >= 4 is 40.2 Å². The van der Waals surface area contributed by atoms with Crippen LogP contribution in [0.5, 0.6) is 0 Å². The zero-order valence-corrected chi connectivity index (χ0v) is 15.7. The van der Waals surface area contributed by atoms with Gasteiger partial charge in [0.25, 0.3) is 0 Å². The summed E-state index contributed by atoms with van der Waals surface area (Å²) in [6.07, 6.45) is 1.85. The highest BCUT2D eigenvalue weighted by atomic mass is 35.5. The first-order valence-corrected chi connectivity index (χ1v) is 8.67. The Kier molecular flexibility index (Phi) is 6.69. The molecule has 0 spiro atoms. The van der Waals surface area contributed by atoms with Crippen molar-refractivity contribution in [2.75, 3.05) is 0 Å². The molecule has 0 N–H and O–H groups in total. The molecule has 0 saturated carbocycles. The summed E-state index contributed by atoms with van der Waals surface area (Å²) in [7, 11) is 0. The lowest BCUT2D eigenvalue weighted by Crippen LogP contribution is -3.00. The van der Waals surface area contributed by atoms with Gasteiger partial charge in [0, 0.05) is 22.5 Å². The molecule has 3 aromatic rings. The maximum absolute atomic E-state index is 6.36. The lowest BCUT2D eigenvalue weighted by molar-refractivity contribution is -0.00000435. The Balaban J connectivity index is 0.00000208. The van der Waals surface area contributed by atoms with Crippen LogP contribution in [0.15, 0.2) is 71.6 Å². The van der Waals surface area contributed by atoms with E-state index in [0.717, 1.165) is 21.7 Å². The van der Waals surface area contributed by atoms with E-state index in [-0.39, 0.29) is 12.4 Å². The summed E-state index contributed by atoms with van der Waals surface area (Å²) in [4.78, 5) is 5.62. The number of hydrogen-bond acceptors (Lipinski definition) is 2. The molecule has 1 heterocycles. The van der Waals surface area contributed by atoms with Crippen LogP contribution in [0.3, 0.4) is 0 Å². The molecule has 0 aliphatic heterocycles. The minimum absolute atomic E-state index is 0. The van der Waals surface area contributed by atoms with Crippen LogP contribution in [0.2, 0.25) is 10.0 Å². The van der Waals surface area contributed by atoms with Crippen LogP contribution in [-0.4, -0.2) is 4.57 Å². The minimum atomic E-state index is 0. The second-order valence-electron chi connectivity index (χ2n) is 4.87. The Bertz CT molecular complexity index is 898. The summed E-state index contributed by atoms with van der Waals surface area (Å²) >= 11 is 13.9. The molecule has 0 aliphatic carbocycles. The highest BCUT2D eigenvalue weighted by Crippen LogP contribution is 2.30. The molecular weight excluding hydrogens is 383 g/mol. The topological polar surface area (TPSA) is 17.3 Å². The Morgan fingerprint density at radius 2 is 1.88 bits per heavy atom. The summed E-state index contributed by atoms with van der Waals surface area (Å²) in [5, 5.41) is 3.30. The van der Waals surface area contributed by atoms with Gasteiger partial charge in [0.2, 0.25) is 0 Å². The van der Waals surface area contributed by atoms with E-state index in [1.165, 1.54) is 0 Å². The molecule has 124 valence electrons. The van der Waals surface area contributed by atoms with E-state index in [2.05, 4.69) is 16.5 Å². The summed E-state index contributed by atoms with van der Waals surface area (Å²) < 4.78 is 2.10. The van der Waals surface area contributed by atoms with Crippen molar-refractivity contribution < 1.29 is 12.4 Å². The third kappa shape index (κ3) is 4.11. The van der Waals surface area contributed by atoms with Crippen molar-refractivity contribution in [1.29, 1.82) is 0 Å². The van der Waals surface area contributed by atoms with E-state index in [0.29, 0.717) is 16.6 Å². The van der Waals surface area contributed by atoms with Gasteiger partial charge in [-0.05, 0) is 30.3 Å². The second kappa shape index (κ2) is 8.54. The Labute approximate surface area is 161 Å². The van der Waals surface area contributed by atoms with Crippen molar-refractivity contribution in [3.05, 3.63) is 81.4 Å². The zero-order valence-electron chi connectivity index (χ0n) is 12.6. The summed E-state index contributed by atoms with van der Waals surface area (Å²) in [5.41, 5.74) is 2.86. The van der Waals surface area contributed by atoms with E-state index in [1.807, 2.05) is 48.5 Å². The van der Waals surface area contributed by atoms with Gasteiger partial charge >= 0.3 is 0 Å². The number of aromatic nitrogens is 1. The molecule has 0 amide bonds. The molecule has 0 fully saturated rings. The second-order valence-corrected chi connectivity index (χ2v) is 6.55. The Hall–Kier alpha value is -1.52. The van der Waals surface area contributed by atoms with Crippen molar-refractivity contribution in [3.8, 4) is 11.3 Å². The van der Waals surface area contributed by atoms with Crippen LogP contribution in [0.1, 0.15) is 0 Å². The van der Waals surface area contributed by atoms with Crippen LogP contribution in [0.4, 0.5) is 5.69 Å². The molecule has 0 unspecified atom stereocenters. The molecule has 0 bridgehead atoms. The van der Waals surface area contributed by atoms with Crippen molar-refractivity contribution in [2.45, 2.75) is 6.54 Å². The van der Waals surface area contributed by atoms with Gasteiger partial charge in [-0.25, -0.2) is 4.99 Å². The van der Waals surface area contributed by atoms with Crippen molar-refractivity contribution in [2.24, 2.45) is 4.99 Å². The van der Waals surface area contributed by atoms with E-state index in [9.17, 15) is 0 Å². The lowest BCUT2D eigenvalue weighted by Gasteiger charge is -2.08. The molecule has 1 aromatic heterocycles. The first-order valence-electron chi connectivity index (χ1n) is 7.03. The fourth-order valence-electron chi connectivity index (χ4n) is 2.25. The van der Waals surface area contributed by atoms with Crippen molar-refractivity contribution in [3.63, 3.8) is 0 Å². The molecule has 2 nitrogen and oxygen atoms in total. The van der Waals surface area contributed by atoms with Crippen LogP contribution < -0.4 is 17.2 Å². The molecule has 6 heteroatoms. The quantitative estimate of drug-likeness (QED) is 0.603. The summed E-state index contributed by atoms with van der Waals surface area (Å²) in [5.74, 6) is 0. The fourth-order valence-corrected chi connectivity index (χ4v) is 3.68. The average Bonchev–Trinajstić information content (AvgIpc) is 2.92. The SMILES string of the molecule is C=CCn1c(-c2ccc(Cl)cc2Cl)csc1=Nc1ccccc1.[Cl-]. The van der Waals surface area contributed by atoms with E-state index < -0.39 is 0 Å². The number of allylic oxidation sites excluding steroid dienone is 1. The third-order valence-electron chi connectivity index (χ3n) is 3.30. The standard InChI is InChI=1S/C18H14Cl2N2S.ClH/c1-2-10-22-17(15-9-8-13(19)11-16(15)20)12-23-18(22)21-14-6-4-3-5-7-14;/h2-9,11-12H,1,10H2;1H/p-1. The summed E-state index contributed by atoms with van der Waals surface area (Å²) in [6.45, 7) is 4.50. The number of para-hydroxylation sites is 1. The fraction of sp³-hybridized carbons (Fsp3) is 0.0556. The molecule has 0 saturated heterocycles. The van der Waals surface area contributed by atoms with Crippen LogP contribution in [0.25, 0.3) is 11.3 Å². The predicted molar refractivity (Wildman–Crippen MR) is 99.6 cm³/mol. The van der Waals surface area contributed by atoms with Crippen LogP contribution >= 0.6 is 34.5 Å². The van der Waals surface area contributed by atoms with E-state index in [4.69, 9.17) is 28.2 Å². The van der Waals surface area contributed by atoms with E-state index in [1.54, 1.807) is 17.4 Å². The van der Waals surface area contributed by atoms with Gasteiger partial charge in [0.15, 0.2) is 4.80 Å². The minimum Gasteiger partial charge on any atom is -1.00 e. The molecule has 0 radical (unpaired) electrons. The molecule has 0 atom stereocenters. The van der Waals surface area contributed by atoms with Gasteiger partial charge in [-0.15, -0.1) is 17.9 Å². The number of hydrogen-bond donors (Lipinski definition) is 0. The Morgan fingerprint density at radius 1 is 1.12 bits per heavy atom. The molecule has 2 aromatic carbocycles. The third-order valence-corrected chi connectivity index (χ3v) is 4.71. The van der Waals surface area contributed by atoms with Gasteiger partial charge in [0.05, 0.1) is 16.4 Å². The van der Waals surface area contributed by atoms with Crippen molar-refractivity contribution in [1.82, 2.24) is 4.57 Å². The number of nitrogens with zero attached hydrogens (tertiary/aromatic N) is 2. The number of halogens is 3. The summed E-state index contributed by atoms with van der Waals surface area (Å²) in [6, 6.07) is 15.4. The van der Waals surface area contributed by atoms with Gasteiger partial charge < -0.3 is 17.0 Å². The van der Waals surface area contributed by atoms with Gasteiger partial charge in [-0.3, -0.25) is 0 Å². The molecule has 3 rings (SSSR count). The largest absolute Gasteiger partial charge is 1.00 e. The van der Waals surface area contributed by atoms with E-state index >= 15 is 0 Å². The van der Waals surface area contributed by atoms with Gasteiger partial charge in [-0.2, -0.15) is 0 Å². The zero-order chi connectivity index (χ0) is 16.2. The van der Waals surface area contributed by atoms with Gasteiger partial charge in [-0.1, -0.05) is 47.5 Å². The molecular formula is C18H14Cl3N2S-. The highest BCUT2D eigenvalue weighted by Gasteiger charge is 2.11. The Morgan fingerprint density at radius 3 is 2.54 bits per heavy atom. The monoisotopic (exact) mass is 395 g/mol. The first-order chi connectivity index (χ1) is 11.2. The average molecular weight is 397 g/mol. The lowest BCUT2D eigenvalue weighted by atomic mass is 10.1. The van der Waals surface area contributed by atoms with Crippen LogP contribution in [0, 0.1) is 0 Å².